The van der Waals surface area contributed by atoms with Crippen molar-refractivity contribution in [3.8, 4) is 0 Å². The van der Waals surface area contributed by atoms with E-state index in [-0.39, 0.29) is 16.9 Å². The predicted molar refractivity (Wildman–Crippen MR) is 120 cm³/mol. The second-order valence-electron chi connectivity index (χ2n) is 7.40. The minimum absolute atomic E-state index is 0.150. The lowest BCUT2D eigenvalue weighted by molar-refractivity contribution is -0.139. The summed E-state index contributed by atoms with van der Waals surface area (Å²) in [6.45, 7) is -5.38. The molecule has 0 bridgehead atoms. The molecule has 2 atom stereocenters. The van der Waals surface area contributed by atoms with Crippen molar-refractivity contribution in [1.82, 2.24) is 0 Å². The van der Waals surface area contributed by atoms with E-state index in [1.165, 1.54) is 24.3 Å². The molecule has 0 radical (unpaired) electrons. The Morgan fingerprint density at radius 3 is 1.52 bits per heavy atom. The van der Waals surface area contributed by atoms with Crippen LogP contribution in [0.2, 0.25) is 0 Å². The molecule has 5 nitrogen and oxygen atoms in total. The Morgan fingerprint density at radius 1 is 0.806 bits per heavy atom. The predicted octanol–water partition coefficient (Wildman–Crippen LogP) is 5.28. The van der Waals surface area contributed by atoms with E-state index in [1.54, 1.807) is 36.4 Å². The van der Waals surface area contributed by atoms with Crippen LogP contribution in [0.5, 0.6) is 0 Å². The Hall–Kier alpha value is -3.47. The number of carboxylic acids is 2. The van der Waals surface area contributed by atoms with Crippen LogP contribution in [0.4, 0.5) is 0 Å². The number of benzene rings is 2. The van der Waals surface area contributed by atoms with Gasteiger partial charge in [-0.05, 0) is 67.4 Å². The van der Waals surface area contributed by atoms with Crippen LogP contribution in [0, 0.1) is 0 Å². The van der Waals surface area contributed by atoms with Gasteiger partial charge >= 0.3 is 11.9 Å². The van der Waals surface area contributed by atoms with Crippen LogP contribution in [0.3, 0.4) is 0 Å². The van der Waals surface area contributed by atoms with Crippen LogP contribution in [0.25, 0.3) is 12.2 Å². The number of rotatable bonds is 6. The third kappa shape index (κ3) is 5.37. The number of carbonyl (C=O) groups excluding carboxylic acids is 1. The monoisotopic (exact) mass is 426 g/mol. The molecule has 2 N–H and O–H groups in total. The lowest BCUT2D eigenvalue weighted by atomic mass is 9.86. The fourth-order valence-corrected chi connectivity index (χ4v) is 3.43. The summed E-state index contributed by atoms with van der Waals surface area (Å²) >= 11 is 0. The third-order valence-electron chi connectivity index (χ3n) is 5.19. The Labute approximate surface area is 190 Å². The van der Waals surface area contributed by atoms with E-state index in [1.807, 2.05) is 0 Å². The number of carboxylic acid groups (broad SMARTS) is 2. The summed E-state index contributed by atoms with van der Waals surface area (Å²) in [7, 11) is 0. The normalized spacial score (nSPS) is 22.4. The molecule has 3 rings (SSSR count). The zero-order valence-electron chi connectivity index (χ0n) is 22.7. The average Bonchev–Trinajstić information content (AvgIpc) is 2.76. The van der Waals surface area contributed by atoms with Gasteiger partial charge in [0.2, 0.25) is 0 Å². The quantitative estimate of drug-likeness (QED) is 0.484. The lowest BCUT2D eigenvalue weighted by Gasteiger charge is -2.17. The van der Waals surface area contributed by atoms with Crippen LogP contribution in [-0.4, -0.2) is 27.9 Å². The largest absolute Gasteiger partial charge is 0.481 e. The SMILES string of the molecule is [2H][13C]([2H])([2H])C(C(=O)O)c1ccc(/C=C2\CCC/C(=C\c3ccc(C(C(=O)O)[13C]([2H])([2H])[2H])cc3)C2=O)cc1. The van der Waals surface area contributed by atoms with Crippen molar-refractivity contribution in [2.24, 2.45) is 0 Å². The molecule has 2 aromatic rings. The molecule has 0 aliphatic heterocycles. The van der Waals surface area contributed by atoms with E-state index < -0.39 is 37.5 Å². The topological polar surface area (TPSA) is 91.7 Å². The van der Waals surface area contributed by atoms with E-state index in [2.05, 4.69) is 0 Å². The maximum Gasteiger partial charge on any atom is 0.310 e. The van der Waals surface area contributed by atoms with Crippen molar-refractivity contribution in [1.29, 1.82) is 0 Å². The summed E-state index contributed by atoms with van der Waals surface area (Å²) in [6, 6.07) is 12.1. The second-order valence-corrected chi connectivity index (χ2v) is 7.40. The summed E-state index contributed by atoms with van der Waals surface area (Å²) < 4.78 is 44.8. The standard InChI is InChI=1S/C26H26O5/c1-16(25(28)29)20-10-6-18(7-11-20)14-22-4-3-5-23(24(22)27)15-19-8-12-21(13-9-19)17(2)26(30)31/h6-17H,3-5H2,1-2H3,(H,28,29)(H,30,31)/b22-14+,23-15+/i1+1D3,2+1D3. The van der Waals surface area contributed by atoms with Crippen LogP contribution < -0.4 is 0 Å². The first-order valence-corrected chi connectivity index (χ1v) is 9.80. The Bertz CT molecular complexity index is 1140. The summed E-state index contributed by atoms with van der Waals surface area (Å²) in [4.78, 5) is 35.9. The summed E-state index contributed by atoms with van der Waals surface area (Å²) in [5, 5.41) is 18.6. The molecule has 0 aromatic heterocycles. The summed E-state index contributed by atoms with van der Waals surface area (Å²) in [6.07, 6.45) is 5.20. The Balaban J connectivity index is 1.81. The number of allylic oxidation sites excluding steroid dienone is 2. The van der Waals surface area contributed by atoms with E-state index in [9.17, 15) is 24.6 Å². The van der Waals surface area contributed by atoms with Gasteiger partial charge in [0, 0.05) is 19.4 Å². The van der Waals surface area contributed by atoms with Crippen molar-refractivity contribution in [3.05, 3.63) is 81.9 Å². The lowest BCUT2D eigenvalue weighted by Crippen LogP contribution is -2.12. The fraction of sp³-hybridized carbons (Fsp3) is 0.269. The molecule has 2 unspecified atom stereocenters. The first-order chi connectivity index (χ1) is 17.2. The van der Waals surface area contributed by atoms with Crippen LogP contribution in [0.1, 0.15) is 75.3 Å². The van der Waals surface area contributed by atoms with Gasteiger partial charge in [0.15, 0.2) is 5.78 Å². The van der Waals surface area contributed by atoms with Crippen molar-refractivity contribution in [2.45, 2.75) is 44.8 Å². The van der Waals surface area contributed by atoms with Gasteiger partial charge in [-0.25, -0.2) is 0 Å². The number of Topliss-reactive ketones (excluding diaryl/α,β-unsaturated/α-hetero) is 1. The van der Waals surface area contributed by atoms with Gasteiger partial charge in [0.25, 0.3) is 0 Å². The molecule has 2 aromatic carbocycles. The molecule has 1 aliphatic carbocycles. The molecular formula is C26H26O5. The number of aliphatic carboxylic acids is 2. The minimum Gasteiger partial charge on any atom is -0.481 e. The number of ketones is 1. The molecule has 0 amide bonds. The molecule has 31 heavy (non-hydrogen) atoms. The van der Waals surface area contributed by atoms with Gasteiger partial charge in [-0.3, -0.25) is 14.4 Å². The zero-order valence-corrected chi connectivity index (χ0v) is 16.7. The highest BCUT2D eigenvalue weighted by Crippen LogP contribution is 2.29. The maximum atomic E-state index is 13.1. The highest BCUT2D eigenvalue weighted by molar-refractivity contribution is 6.13. The van der Waals surface area contributed by atoms with Crippen molar-refractivity contribution in [2.75, 3.05) is 0 Å². The van der Waals surface area contributed by atoms with Gasteiger partial charge < -0.3 is 10.2 Å². The van der Waals surface area contributed by atoms with E-state index in [0.29, 0.717) is 35.1 Å². The minimum atomic E-state index is -2.69. The third-order valence-corrected chi connectivity index (χ3v) is 5.19. The van der Waals surface area contributed by atoms with Gasteiger partial charge in [-0.2, -0.15) is 0 Å². The molecular weight excluding hydrogens is 394 g/mol. The molecule has 160 valence electrons. The van der Waals surface area contributed by atoms with Gasteiger partial charge in [-0.15, -0.1) is 0 Å². The first kappa shape index (κ1) is 15.3. The number of hydrogen-bond donors (Lipinski definition) is 2. The van der Waals surface area contributed by atoms with Gasteiger partial charge in [0.1, 0.15) is 0 Å². The van der Waals surface area contributed by atoms with Crippen molar-refractivity contribution < 1.29 is 32.8 Å². The molecule has 1 saturated carbocycles. The average molecular weight is 427 g/mol. The zero-order chi connectivity index (χ0) is 27.5. The highest BCUT2D eigenvalue weighted by atomic mass is 16.4. The molecule has 1 aliphatic rings. The number of hydrogen-bond acceptors (Lipinski definition) is 3. The summed E-state index contributed by atoms with van der Waals surface area (Å²) in [5.41, 5.74) is 2.68. The van der Waals surface area contributed by atoms with Crippen LogP contribution in [-0.2, 0) is 14.4 Å². The highest BCUT2D eigenvalue weighted by Gasteiger charge is 2.21. The van der Waals surface area contributed by atoms with Crippen LogP contribution >= 0.6 is 0 Å². The van der Waals surface area contributed by atoms with E-state index in [4.69, 9.17) is 8.22 Å². The Kier molecular flexibility index (Phi) is 4.73. The first-order valence-electron chi connectivity index (χ1n) is 12.8. The van der Waals surface area contributed by atoms with E-state index >= 15 is 0 Å². The maximum absolute atomic E-state index is 13.1. The smallest absolute Gasteiger partial charge is 0.310 e. The molecule has 0 spiro atoms. The van der Waals surface area contributed by atoms with Gasteiger partial charge in [0.05, 0.1) is 11.8 Å². The molecule has 0 saturated heterocycles. The molecule has 5 heteroatoms. The van der Waals surface area contributed by atoms with Crippen LogP contribution in [0.15, 0.2) is 59.7 Å². The molecule has 0 heterocycles. The van der Waals surface area contributed by atoms with Crippen molar-refractivity contribution >= 4 is 29.9 Å². The van der Waals surface area contributed by atoms with E-state index in [0.717, 1.165) is 6.42 Å². The second kappa shape index (κ2) is 9.56. The van der Waals surface area contributed by atoms with Crippen molar-refractivity contribution in [3.63, 3.8) is 0 Å². The van der Waals surface area contributed by atoms with Gasteiger partial charge in [-0.1, -0.05) is 48.5 Å². The molecule has 1 fully saturated rings. The Morgan fingerprint density at radius 2 is 1.19 bits per heavy atom. The summed E-state index contributed by atoms with van der Waals surface area (Å²) in [5.74, 6) is -6.31. The number of carbonyl (C=O) groups is 3. The fourth-order valence-electron chi connectivity index (χ4n) is 3.43.